The molecule has 100 valence electrons. The Morgan fingerprint density at radius 3 is 2.67 bits per heavy atom. The maximum absolute atomic E-state index is 5.66. The van der Waals surface area contributed by atoms with E-state index in [1.165, 1.54) is 0 Å². The van der Waals surface area contributed by atoms with E-state index >= 15 is 0 Å². The molecule has 0 aromatic heterocycles. The molecule has 0 amide bonds. The van der Waals surface area contributed by atoms with Crippen molar-refractivity contribution in [1.82, 2.24) is 5.43 Å². The molecule has 0 aliphatic carbocycles. The van der Waals surface area contributed by atoms with Crippen LogP contribution in [0.5, 0.6) is 11.5 Å². The highest BCUT2D eigenvalue weighted by molar-refractivity contribution is 5.44. The van der Waals surface area contributed by atoms with Gasteiger partial charge >= 0.3 is 0 Å². The van der Waals surface area contributed by atoms with Crippen LogP contribution in [0.25, 0.3) is 0 Å². The van der Waals surface area contributed by atoms with E-state index in [1.807, 2.05) is 12.1 Å². The van der Waals surface area contributed by atoms with Crippen LogP contribution in [-0.4, -0.2) is 13.2 Å². The molecule has 1 aromatic rings. The topological polar surface area (TPSA) is 56.5 Å². The number of rotatable bonds is 5. The van der Waals surface area contributed by atoms with E-state index in [0.717, 1.165) is 29.9 Å². The van der Waals surface area contributed by atoms with Crippen LogP contribution in [-0.2, 0) is 0 Å². The number of hydrogen-bond acceptors (Lipinski definition) is 4. The molecule has 1 aliphatic rings. The Morgan fingerprint density at radius 1 is 1.28 bits per heavy atom. The molecule has 0 radical (unpaired) electrons. The van der Waals surface area contributed by atoms with Gasteiger partial charge in [0, 0.05) is 6.04 Å². The van der Waals surface area contributed by atoms with E-state index in [0.29, 0.717) is 19.1 Å². The van der Waals surface area contributed by atoms with Crippen molar-refractivity contribution in [2.75, 3.05) is 13.2 Å². The highest BCUT2D eigenvalue weighted by atomic mass is 16.6. The molecule has 0 spiro atoms. The molecule has 2 unspecified atom stereocenters. The second-order valence-electron chi connectivity index (χ2n) is 4.87. The van der Waals surface area contributed by atoms with Gasteiger partial charge in [-0.15, -0.1) is 0 Å². The zero-order valence-electron chi connectivity index (χ0n) is 11.1. The molecule has 4 nitrogen and oxygen atoms in total. The SMILES string of the molecule is CCC(C)CC(NN)c1ccc2c(c1)OCCO2. The molecule has 1 aromatic carbocycles. The van der Waals surface area contributed by atoms with E-state index in [9.17, 15) is 0 Å². The fourth-order valence-electron chi connectivity index (χ4n) is 2.15. The number of nitrogens with one attached hydrogen (secondary N) is 1. The Labute approximate surface area is 108 Å². The van der Waals surface area contributed by atoms with Gasteiger partial charge in [-0.1, -0.05) is 26.3 Å². The largest absolute Gasteiger partial charge is 0.486 e. The van der Waals surface area contributed by atoms with Crippen LogP contribution in [0.15, 0.2) is 18.2 Å². The van der Waals surface area contributed by atoms with Gasteiger partial charge in [0.1, 0.15) is 13.2 Å². The number of ether oxygens (including phenoxy) is 2. The van der Waals surface area contributed by atoms with Crippen molar-refractivity contribution in [3.8, 4) is 11.5 Å². The maximum atomic E-state index is 5.66. The molecule has 3 N–H and O–H groups in total. The minimum Gasteiger partial charge on any atom is -0.486 e. The Kier molecular flexibility index (Phi) is 4.44. The van der Waals surface area contributed by atoms with Gasteiger partial charge in [-0.2, -0.15) is 0 Å². The lowest BCUT2D eigenvalue weighted by Gasteiger charge is -2.23. The minimum absolute atomic E-state index is 0.163. The first kappa shape index (κ1) is 13.2. The first-order valence-electron chi connectivity index (χ1n) is 6.60. The van der Waals surface area contributed by atoms with Gasteiger partial charge in [0.15, 0.2) is 11.5 Å². The Balaban J connectivity index is 2.15. The summed E-state index contributed by atoms with van der Waals surface area (Å²) in [6.07, 6.45) is 2.18. The molecule has 0 saturated heterocycles. The monoisotopic (exact) mass is 250 g/mol. The molecule has 0 bridgehead atoms. The van der Waals surface area contributed by atoms with Crippen molar-refractivity contribution in [3.05, 3.63) is 23.8 Å². The van der Waals surface area contributed by atoms with Gasteiger partial charge in [0.05, 0.1) is 0 Å². The number of benzene rings is 1. The van der Waals surface area contributed by atoms with Crippen LogP contribution in [0, 0.1) is 5.92 Å². The Hall–Kier alpha value is -1.26. The van der Waals surface area contributed by atoms with Crippen molar-refractivity contribution in [2.24, 2.45) is 11.8 Å². The summed E-state index contributed by atoms with van der Waals surface area (Å²) in [4.78, 5) is 0. The predicted molar refractivity (Wildman–Crippen MR) is 71.6 cm³/mol. The number of hydrazine groups is 1. The van der Waals surface area contributed by atoms with E-state index < -0.39 is 0 Å². The smallest absolute Gasteiger partial charge is 0.161 e. The molecule has 0 fully saturated rings. The third-order valence-corrected chi connectivity index (χ3v) is 3.50. The number of hydrogen-bond donors (Lipinski definition) is 2. The molecule has 2 atom stereocenters. The molecule has 1 heterocycles. The van der Waals surface area contributed by atoms with Gasteiger partial charge in [0.2, 0.25) is 0 Å². The van der Waals surface area contributed by atoms with Crippen molar-refractivity contribution in [2.45, 2.75) is 32.7 Å². The first-order chi connectivity index (χ1) is 8.74. The molecule has 2 rings (SSSR count). The fourth-order valence-corrected chi connectivity index (χ4v) is 2.15. The van der Waals surface area contributed by atoms with Gasteiger partial charge in [-0.3, -0.25) is 11.3 Å². The molecule has 18 heavy (non-hydrogen) atoms. The third kappa shape index (κ3) is 2.94. The summed E-state index contributed by atoms with van der Waals surface area (Å²) in [5.41, 5.74) is 4.05. The van der Waals surface area contributed by atoms with Gasteiger partial charge < -0.3 is 9.47 Å². The van der Waals surface area contributed by atoms with E-state index in [1.54, 1.807) is 0 Å². The summed E-state index contributed by atoms with van der Waals surface area (Å²) < 4.78 is 11.1. The van der Waals surface area contributed by atoms with Crippen LogP contribution in [0.3, 0.4) is 0 Å². The van der Waals surface area contributed by atoms with Gasteiger partial charge in [0.25, 0.3) is 0 Å². The molecular weight excluding hydrogens is 228 g/mol. The van der Waals surface area contributed by atoms with Crippen molar-refractivity contribution < 1.29 is 9.47 Å². The highest BCUT2D eigenvalue weighted by Crippen LogP contribution is 2.34. The third-order valence-electron chi connectivity index (χ3n) is 3.50. The minimum atomic E-state index is 0.163. The normalized spacial score (nSPS) is 17.3. The van der Waals surface area contributed by atoms with E-state index in [2.05, 4.69) is 25.3 Å². The first-order valence-corrected chi connectivity index (χ1v) is 6.60. The predicted octanol–water partition coefficient (Wildman–Crippen LogP) is 2.40. The summed E-state index contributed by atoms with van der Waals surface area (Å²) >= 11 is 0. The fraction of sp³-hybridized carbons (Fsp3) is 0.571. The summed E-state index contributed by atoms with van der Waals surface area (Å²) in [7, 11) is 0. The second kappa shape index (κ2) is 6.07. The maximum Gasteiger partial charge on any atom is 0.161 e. The standard InChI is InChI=1S/C14H22N2O2/c1-3-10(2)8-12(16-15)11-4-5-13-14(9-11)18-7-6-17-13/h4-5,9-10,12,16H,3,6-8,15H2,1-2H3. The average molecular weight is 250 g/mol. The summed E-state index contributed by atoms with van der Waals surface area (Å²) in [5, 5.41) is 0. The molecule has 1 aliphatic heterocycles. The van der Waals surface area contributed by atoms with Crippen LogP contribution < -0.4 is 20.7 Å². The lowest BCUT2D eigenvalue weighted by molar-refractivity contribution is 0.171. The zero-order chi connectivity index (χ0) is 13.0. The van der Waals surface area contributed by atoms with Gasteiger partial charge in [-0.25, -0.2) is 0 Å². The molecular formula is C14H22N2O2. The van der Waals surface area contributed by atoms with Crippen molar-refractivity contribution in [1.29, 1.82) is 0 Å². The van der Waals surface area contributed by atoms with E-state index in [4.69, 9.17) is 15.3 Å². The van der Waals surface area contributed by atoms with Gasteiger partial charge in [-0.05, 0) is 30.0 Å². The average Bonchev–Trinajstić information content (AvgIpc) is 2.44. The van der Waals surface area contributed by atoms with Crippen molar-refractivity contribution >= 4 is 0 Å². The zero-order valence-corrected chi connectivity index (χ0v) is 11.1. The van der Waals surface area contributed by atoms with E-state index in [-0.39, 0.29) is 6.04 Å². The molecule has 0 saturated carbocycles. The Morgan fingerprint density at radius 2 is 2.00 bits per heavy atom. The quantitative estimate of drug-likeness (QED) is 0.622. The highest BCUT2D eigenvalue weighted by Gasteiger charge is 2.17. The van der Waals surface area contributed by atoms with Crippen LogP contribution >= 0.6 is 0 Å². The molecule has 4 heteroatoms. The number of fused-ring (bicyclic) bond motifs is 1. The summed E-state index contributed by atoms with van der Waals surface area (Å²) in [6, 6.07) is 6.21. The number of nitrogens with two attached hydrogens (primary N) is 1. The summed E-state index contributed by atoms with van der Waals surface area (Å²) in [5.74, 6) is 7.95. The van der Waals surface area contributed by atoms with Crippen LogP contribution in [0.4, 0.5) is 0 Å². The lowest BCUT2D eigenvalue weighted by Crippen LogP contribution is -2.29. The van der Waals surface area contributed by atoms with Crippen LogP contribution in [0.2, 0.25) is 0 Å². The summed E-state index contributed by atoms with van der Waals surface area (Å²) in [6.45, 7) is 5.67. The Bertz CT molecular complexity index is 395. The second-order valence-corrected chi connectivity index (χ2v) is 4.87. The van der Waals surface area contributed by atoms with Crippen LogP contribution in [0.1, 0.15) is 38.3 Å². The van der Waals surface area contributed by atoms with Crippen molar-refractivity contribution in [3.63, 3.8) is 0 Å². The lowest BCUT2D eigenvalue weighted by atomic mass is 9.94.